The van der Waals surface area contributed by atoms with Gasteiger partial charge in [0.25, 0.3) is 5.91 Å². The Kier molecular flexibility index (Phi) is 6.92. The Morgan fingerprint density at radius 2 is 2.05 bits per heavy atom. The topological polar surface area (TPSA) is 99.8 Å². The van der Waals surface area contributed by atoms with Crippen LogP contribution in [0.4, 0.5) is 13.2 Å². The van der Waals surface area contributed by atoms with Crippen LogP contribution < -0.4 is 5.32 Å². The number of hydrogen-bond acceptors (Lipinski definition) is 6. The molecule has 0 spiro atoms. The van der Waals surface area contributed by atoms with Gasteiger partial charge in [-0.25, -0.2) is 4.21 Å². The van der Waals surface area contributed by atoms with E-state index in [1.807, 2.05) is 0 Å². The van der Waals surface area contributed by atoms with Crippen LogP contribution in [0.15, 0.2) is 52.5 Å². The van der Waals surface area contributed by atoms with Crippen molar-refractivity contribution in [2.45, 2.75) is 18.8 Å². The Balaban J connectivity index is 1.40. The van der Waals surface area contributed by atoms with Crippen LogP contribution in [-0.4, -0.2) is 67.4 Å². The van der Waals surface area contributed by atoms with E-state index in [4.69, 9.17) is 11.6 Å². The van der Waals surface area contributed by atoms with Crippen molar-refractivity contribution in [3.8, 4) is 0 Å². The first kappa shape index (κ1) is 25.6. The third-order valence-corrected chi connectivity index (χ3v) is 7.83. The molecule has 1 aromatic heterocycles. The van der Waals surface area contributed by atoms with Crippen LogP contribution in [0.5, 0.6) is 0 Å². The highest BCUT2D eigenvalue weighted by Crippen LogP contribution is 2.34. The van der Waals surface area contributed by atoms with Crippen LogP contribution in [0.1, 0.15) is 16.7 Å². The Morgan fingerprint density at radius 1 is 1.24 bits per heavy atom. The molecule has 37 heavy (non-hydrogen) atoms. The van der Waals surface area contributed by atoms with Gasteiger partial charge in [0.15, 0.2) is 0 Å². The molecule has 2 aliphatic heterocycles. The lowest BCUT2D eigenvalue weighted by molar-refractivity contribution is -0.138. The molecule has 2 atom stereocenters. The van der Waals surface area contributed by atoms with Gasteiger partial charge in [-0.05, 0) is 41.5 Å². The summed E-state index contributed by atoms with van der Waals surface area (Å²) in [4.78, 5) is 18.3. The molecule has 0 radical (unpaired) electrons. The van der Waals surface area contributed by atoms with Crippen molar-refractivity contribution < 1.29 is 27.3 Å². The smallest absolute Gasteiger partial charge is 0.394 e. The summed E-state index contributed by atoms with van der Waals surface area (Å²) in [5.74, 6) is -0.609. The predicted octanol–water partition coefficient (Wildman–Crippen LogP) is 3.01. The maximum Gasteiger partial charge on any atom is 0.416 e. The van der Waals surface area contributed by atoms with Crippen molar-refractivity contribution in [1.29, 1.82) is 0 Å². The molecule has 13 heteroatoms. The van der Waals surface area contributed by atoms with Gasteiger partial charge in [-0.15, -0.1) is 0 Å². The van der Waals surface area contributed by atoms with Crippen LogP contribution in [0.3, 0.4) is 0 Å². The maximum atomic E-state index is 13.5. The largest absolute Gasteiger partial charge is 0.416 e. The van der Waals surface area contributed by atoms with E-state index in [2.05, 4.69) is 15.4 Å². The number of hydrogen-bond donors (Lipinski definition) is 2. The number of fused-ring (bicyclic) bond motifs is 1. The summed E-state index contributed by atoms with van der Waals surface area (Å²) in [5.41, 5.74) is 0.365. The van der Waals surface area contributed by atoms with Crippen molar-refractivity contribution in [2.75, 3.05) is 26.2 Å². The first-order chi connectivity index (χ1) is 17.7. The number of aliphatic imine (C=N–C) groups is 1. The zero-order valence-electron chi connectivity index (χ0n) is 19.2. The van der Waals surface area contributed by atoms with Crippen molar-refractivity contribution in [3.05, 3.63) is 69.2 Å². The highest BCUT2D eigenvalue weighted by atomic mass is 35.5. The summed E-state index contributed by atoms with van der Waals surface area (Å²) in [6.45, 7) is 1.28. The molecule has 0 saturated carbocycles. The monoisotopic (exact) mass is 551 g/mol. The number of alkyl halides is 3. The Bertz CT molecular complexity index is 1470. The van der Waals surface area contributed by atoms with E-state index in [0.717, 1.165) is 6.07 Å². The first-order valence-electron chi connectivity index (χ1n) is 11.3. The van der Waals surface area contributed by atoms with Crippen molar-refractivity contribution in [3.63, 3.8) is 0 Å². The number of carbonyl (C=O) groups excluding carboxylic acids is 1. The zero-order chi connectivity index (χ0) is 26.3. The van der Waals surface area contributed by atoms with E-state index >= 15 is 0 Å². The van der Waals surface area contributed by atoms with Gasteiger partial charge >= 0.3 is 6.18 Å². The Hall–Kier alpha value is -3.06. The molecule has 0 bridgehead atoms. The predicted molar refractivity (Wildman–Crippen MR) is 134 cm³/mol. The highest BCUT2D eigenvalue weighted by molar-refractivity contribution is 8.05. The Morgan fingerprint density at radius 3 is 2.81 bits per heavy atom. The second-order valence-electron chi connectivity index (χ2n) is 8.63. The fraction of sp³-hybridized carbons (Fsp3) is 0.292. The van der Waals surface area contributed by atoms with E-state index in [1.165, 1.54) is 29.1 Å². The normalized spacial score (nSPS) is 21.8. The minimum absolute atomic E-state index is 0.00565. The van der Waals surface area contributed by atoms with Crippen molar-refractivity contribution in [2.24, 2.45) is 4.99 Å². The van der Waals surface area contributed by atoms with Crippen LogP contribution in [0.25, 0.3) is 17.0 Å². The standard InChI is InChI=1S/C24H21ClF3N5O3S/c25-17-3-2-15(19(9-17)24(26,27)28)12-33-20-4-1-14(7-16(20)10-30-33)8-21-22(35)31-23(37(21)36)32-6-5-29-11-18(32)13-34/h1-4,7-10,18,29,34H,5-6,11-13H2. The second kappa shape index (κ2) is 10.0. The highest BCUT2D eigenvalue weighted by Gasteiger charge is 2.37. The van der Waals surface area contributed by atoms with Gasteiger partial charge in [0.2, 0.25) is 5.17 Å². The molecule has 3 heterocycles. The maximum absolute atomic E-state index is 13.5. The van der Waals surface area contributed by atoms with E-state index in [-0.39, 0.29) is 39.9 Å². The summed E-state index contributed by atoms with van der Waals surface area (Å²) < 4.78 is 55.0. The van der Waals surface area contributed by atoms with Gasteiger partial charge in [-0.2, -0.15) is 23.3 Å². The molecule has 2 aliphatic rings. The van der Waals surface area contributed by atoms with Crippen molar-refractivity contribution in [1.82, 2.24) is 20.0 Å². The molecule has 8 nitrogen and oxygen atoms in total. The van der Waals surface area contributed by atoms with E-state index in [9.17, 15) is 27.3 Å². The fourth-order valence-electron chi connectivity index (χ4n) is 4.41. The van der Waals surface area contributed by atoms with Crippen LogP contribution in [0, 0.1) is 0 Å². The number of nitrogens with one attached hydrogen (secondary N) is 1. The molecule has 3 aromatic rings. The molecule has 1 amide bonds. The van der Waals surface area contributed by atoms with Gasteiger partial charge in [-0.1, -0.05) is 23.7 Å². The summed E-state index contributed by atoms with van der Waals surface area (Å²) in [7, 11) is -1.81. The van der Waals surface area contributed by atoms with E-state index in [1.54, 1.807) is 23.1 Å². The molecule has 2 unspecified atom stereocenters. The summed E-state index contributed by atoms with van der Waals surface area (Å²) in [6.07, 6.45) is -1.56. The first-order valence-corrected chi connectivity index (χ1v) is 12.8. The number of piperazine rings is 1. The number of benzene rings is 2. The minimum atomic E-state index is -4.56. The SMILES string of the molecule is O=C1N=C(N2CCNCC2CO)S(=O)C1=Cc1ccc2c(cnn2Cc2ccc(Cl)cc2C(F)(F)F)c1. The van der Waals surface area contributed by atoms with Gasteiger partial charge in [0.1, 0.15) is 15.7 Å². The third kappa shape index (κ3) is 5.06. The van der Waals surface area contributed by atoms with E-state index < -0.39 is 28.4 Å². The molecular weight excluding hydrogens is 531 g/mol. The number of rotatable bonds is 4. The average molecular weight is 552 g/mol. The molecular formula is C24H21ClF3N5O3S. The number of aliphatic hydroxyl groups excluding tert-OH is 1. The number of carbonyl (C=O) groups is 1. The number of amides is 1. The lowest BCUT2D eigenvalue weighted by Gasteiger charge is -2.35. The molecule has 2 N–H and O–H groups in total. The number of aromatic nitrogens is 2. The zero-order valence-corrected chi connectivity index (χ0v) is 20.8. The van der Waals surface area contributed by atoms with Crippen molar-refractivity contribution >= 4 is 50.5 Å². The molecule has 1 saturated heterocycles. The number of halogens is 4. The quantitative estimate of drug-likeness (QED) is 0.484. The van der Waals surface area contributed by atoms with Crippen LogP contribution in [0.2, 0.25) is 5.02 Å². The van der Waals surface area contributed by atoms with Gasteiger partial charge in [0, 0.05) is 30.0 Å². The van der Waals surface area contributed by atoms with Crippen LogP contribution >= 0.6 is 11.6 Å². The van der Waals surface area contributed by atoms with Gasteiger partial charge < -0.3 is 15.3 Å². The molecule has 2 aromatic carbocycles. The number of aliphatic hydroxyl groups is 1. The molecule has 194 valence electrons. The average Bonchev–Trinajstić information content (AvgIpc) is 3.39. The molecule has 5 rings (SSSR count). The van der Waals surface area contributed by atoms with Gasteiger partial charge in [-0.3, -0.25) is 9.48 Å². The third-order valence-electron chi connectivity index (χ3n) is 6.24. The van der Waals surface area contributed by atoms with Crippen LogP contribution in [-0.2, 0) is 28.3 Å². The number of nitrogens with zero attached hydrogens (tertiary/aromatic N) is 4. The molecule has 1 fully saturated rings. The lowest BCUT2D eigenvalue weighted by atomic mass is 10.1. The lowest BCUT2D eigenvalue weighted by Crippen LogP contribution is -2.55. The fourth-order valence-corrected chi connectivity index (χ4v) is 5.84. The molecule has 0 aliphatic carbocycles. The Labute approximate surface area is 216 Å². The van der Waals surface area contributed by atoms with Gasteiger partial charge in [0.05, 0.1) is 36.5 Å². The summed E-state index contributed by atoms with van der Waals surface area (Å²) >= 11 is 5.78. The minimum Gasteiger partial charge on any atom is -0.394 e. The summed E-state index contributed by atoms with van der Waals surface area (Å²) in [6, 6.07) is 8.36. The number of amidine groups is 1. The second-order valence-corrected chi connectivity index (χ2v) is 10.4. The summed E-state index contributed by atoms with van der Waals surface area (Å²) in [5, 5.41) is 17.8. The van der Waals surface area contributed by atoms with E-state index in [0.29, 0.717) is 36.1 Å².